The topological polar surface area (TPSA) is 106 Å². The predicted molar refractivity (Wildman–Crippen MR) is 211 cm³/mol. The van der Waals surface area contributed by atoms with E-state index < -0.39 is 18.3 Å². The van der Waals surface area contributed by atoms with E-state index in [1.165, 1.54) is 5.56 Å². The van der Waals surface area contributed by atoms with Crippen LogP contribution in [0.2, 0.25) is 18.1 Å². The summed E-state index contributed by atoms with van der Waals surface area (Å²) in [7, 11) is -5.81. The summed E-state index contributed by atoms with van der Waals surface area (Å²) in [5.74, 6) is 0.464. The third kappa shape index (κ3) is 13.3. The molecule has 4 aromatic carbocycles. The Kier molecular flexibility index (Phi) is 14.0. The number of sulfonamides is 1. The minimum atomic E-state index is -3.57. The number of benzene rings is 4. The van der Waals surface area contributed by atoms with Crippen LogP contribution in [-0.4, -0.2) is 48.0 Å². The lowest BCUT2D eigenvalue weighted by Gasteiger charge is -2.40. The summed E-state index contributed by atoms with van der Waals surface area (Å²) < 4.78 is 40.6. The summed E-state index contributed by atoms with van der Waals surface area (Å²) in [6.07, 6.45) is 2.71. The Morgan fingerprint density at radius 1 is 0.824 bits per heavy atom. The van der Waals surface area contributed by atoms with E-state index in [0.29, 0.717) is 37.6 Å². The third-order valence-electron chi connectivity index (χ3n) is 9.28. The van der Waals surface area contributed by atoms with Crippen LogP contribution in [0.3, 0.4) is 0 Å². The Morgan fingerprint density at radius 2 is 1.45 bits per heavy atom. The van der Waals surface area contributed by atoms with Crippen LogP contribution in [0.25, 0.3) is 0 Å². The highest BCUT2D eigenvalue weighted by atomic mass is 32.2. The van der Waals surface area contributed by atoms with Gasteiger partial charge in [0.2, 0.25) is 15.9 Å². The van der Waals surface area contributed by atoms with Crippen molar-refractivity contribution in [2.45, 2.75) is 83.8 Å². The normalized spacial score (nSPS) is 13.3. The van der Waals surface area contributed by atoms with Crippen molar-refractivity contribution >= 4 is 29.9 Å². The highest BCUT2D eigenvalue weighted by Gasteiger charge is 2.39. The van der Waals surface area contributed by atoms with Crippen molar-refractivity contribution < 1.29 is 22.4 Å². The first kappa shape index (κ1) is 39.8. The fourth-order valence-corrected chi connectivity index (χ4v) is 7.33. The van der Waals surface area contributed by atoms with E-state index in [9.17, 15) is 13.2 Å². The smallest absolute Gasteiger partial charge is 0.229 e. The zero-order chi connectivity index (χ0) is 37.1. The summed E-state index contributed by atoms with van der Waals surface area (Å²) in [6, 6.07) is 33.8. The minimum absolute atomic E-state index is 0.0149. The quantitative estimate of drug-likeness (QED) is 0.0903. The van der Waals surface area contributed by atoms with E-state index in [1.807, 2.05) is 78.9 Å². The van der Waals surface area contributed by atoms with Crippen molar-refractivity contribution in [1.29, 1.82) is 0 Å². The Balaban J connectivity index is 1.45. The highest BCUT2D eigenvalue weighted by molar-refractivity contribution is 7.92. The van der Waals surface area contributed by atoms with Gasteiger partial charge >= 0.3 is 0 Å². The van der Waals surface area contributed by atoms with Crippen molar-refractivity contribution in [2.75, 3.05) is 24.1 Å². The molecule has 3 N–H and O–H groups in total. The average Bonchev–Trinajstić information content (AvgIpc) is 3.06. The molecule has 0 aliphatic rings. The van der Waals surface area contributed by atoms with Gasteiger partial charge in [-0.15, -0.1) is 0 Å². The molecule has 0 saturated carbocycles. The monoisotopic (exact) mass is 729 g/mol. The van der Waals surface area contributed by atoms with Gasteiger partial charge in [0.1, 0.15) is 12.4 Å². The maximum absolute atomic E-state index is 12.7. The number of anilines is 1. The van der Waals surface area contributed by atoms with Gasteiger partial charge in [0.25, 0.3) is 0 Å². The first-order valence-electron chi connectivity index (χ1n) is 17.7. The van der Waals surface area contributed by atoms with Crippen LogP contribution in [0.1, 0.15) is 61.6 Å². The second-order valence-electron chi connectivity index (χ2n) is 14.9. The number of nitrogens with one attached hydrogen (secondary N) is 3. The molecular weight excluding hydrogens is 675 g/mol. The molecule has 0 aliphatic carbocycles. The summed E-state index contributed by atoms with van der Waals surface area (Å²) in [6.45, 7) is 14.7. The maximum atomic E-state index is 12.7. The predicted octanol–water partition coefficient (Wildman–Crippen LogP) is 7.82. The molecule has 0 spiro atoms. The van der Waals surface area contributed by atoms with Crippen molar-refractivity contribution in [3.63, 3.8) is 0 Å². The zero-order valence-corrected chi connectivity index (χ0v) is 33.0. The summed E-state index contributed by atoms with van der Waals surface area (Å²) in [5, 5.41) is 6.70. The first-order valence-corrected chi connectivity index (χ1v) is 22.5. The lowest BCUT2D eigenvalue weighted by atomic mass is 10.0. The van der Waals surface area contributed by atoms with E-state index >= 15 is 0 Å². The van der Waals surface area contributed by atoms with Crippen LogP contribution in [0.15, 0.2) is 103 Å². The molecule has 0 unspecified atom stereocenters. The van der Waals surface area contributed by atoms with Gasteiger partial charge in [-0.3, -0.25) is 9.52 Å². The Hall–Kier alpha value is -3.96. The lowest BCUT2D eigenvalue weighted by Crippen LogP contribution is -2.44. The molecule has 4 aromatic rings. The molecule has 0 fully saturated rings. The fourth-order valence-electron chi connectivity index (χ4n) is 5.49. The highest BCUT2D eigenvalue weighted by Crippen LogP contribution is 2.40. The number of hydrogen-bond donors (Lipinski definition) is 3. The Bertz CT molecular complexity index is 1810. The van der Waals surface area contributed by atoms with Gasteiger partial charge in [0.05, 0.1) is 24.5 Å². The van der Waals surface area contributed by atoms with Crippen LogP contribution in [0.5, 0.6) is 5.75 Å². The molecule has 0 aliphatic heterocycles. The first-order chi connectivity index (χ1) is 24.1. The van der Waals surface area contributed by atoms with Crippen LogP contribution in [0.4, 0.5) is 5.69 Å². The molecule has 0 bridgehead atoms. The van der Waals surface area contributed by atoms with Gasteiger partial charge in [-0.1, -0.05) is 112 Å². The number of carbonyl (C=O) groups is 1. The lowest BCUT2D eigenvalue weighted by molar-refractivity contribution is -0.120. The zero-order valence-electron chi connectivity index (χ0n) is 31.2. The fraction of sp³-hybridized carbons (Fsp3) is 0.390. The summed E-state index contributed by atoms with van der Waals surface area (Å²) >= 11 is 0. The second-order valence-corrected chi connectivity index (χ2v) is 21.4. The van der Waals surface area contributed by atoms with Crippen LogP contribution >= 0.6 is 0 Å². The molecule has 2 atom stereocenters. The average molecular weight is 730 g/mol. The van der Waals surface area contributed by atoms with E-state index in [1.54, 1.807) is 0 Å². The van der Waals surface area contributed by atoms with Gasteiger partial charge < -0.3 is 19.8 Å². The molecule has 0 aromatic heterocycles. The Morgan fingerprint density at radius 3 is 2.10 bits per heavy atom. The summed E-state index contributed by atoms with van der Waals surface area (Å²) in [5.41, 5.74) is 5.55. The maximum Gasteiger partial charge on any atom is 0.229 e. The van der Waals surface area contributed by atoms with Gasteiger partial charge in [-0.05, 0) is 77.8 Å². The molecule has 4 rings (SSSR count). The molecule has 8 nitrogen and oxygen atoms in total. The molecule has 0 radical (unpaired) electrons. The van der Waals surface area contributed by atoms with Crippen LogP contribution < -0.4 is 20.1 Å². The number of ether oxygens (including phenoxy) is 1. The van der Waals surface area contributed by atoms with Crippen molar-refractivity contribution in [1.82, 2.24) is 10.6 Å². The molecule has 0 heterocycles. The molecule has 274 valence electrons. The van der Waals surface area contributed by atoms with Crippen molar-refractivity contribution in [3.05, 3.63) is 131 Å². The van der Waals surface area contributed by atoms with Gasteiger partial charge in [-0.25, -0.2) is 8.42 Å². The number of carbonyl (C=O) groups excluding carboxylic acids is 1. The van der Waals surface area contributed by atoms with Gasteiger partial charge in [0, 0.05) is 19.1 Å². The van der Waals surface area contributed by atoms with Crippen LogP contribution in [0, 0.1) is 0 Å². The second kappa shape index (κ2) is 18.0. The number of amides is 1. The molecular formula is C41H55N3O5SSi. The van der Waals surface area contributed by atoms with Crippen molar-refractivity contribution in [2.24, 2.45) is 0 Å². The van der Waals surface area contributed by atoms with Crippen molar-refractivity contribution in [3.8, 4) is 5.75 Å². The molecule has 1 amide bonds. The minimum Gasteiger partial charge on any atom is -0.487 e. The molecule has 10 heteroatoms. The van der Waals surface area contributed by atoms with Gasteiger partial charge in [0.15, 0.2) is 8.32 Å². The number of hydrogen-bond acceptors (Lipinski definition) is 6. The molecule has 51 heavy (non-hydrogen) atoms. The van der Waals surface area contributed by atoms with E-state index in [0.717, 1.165) is 41.4 Å². The number of rotatable bonds is 18. The SMILES string of the molecule is C[C@H](Cc1cccc(CC(=O)NCCc2ccccc2)c1)NC[C@@H](O[Si](C)(C)C(C)(C)C)c1ccc(OCc2ccccc2)c(NS(C)(=O)=O)c1. The van der Waals surface area contributed by atoms with E-state index in [4.69, 9.17) is 9.16 Å². The third-order valence-corrected chi connectivity index (χ3v) is 14.4. The Labute approximate surface area is 306 Å². The standard InChI is InChI=1S/C41H55N3O5SSi/c1-31(25-34-19-14-20-35(26-34)27-40(45)42-24-23-32-15-10-8-11-16-32)43-29-39(49-51(6,7)41(2,3)4)36-21-22-38(37(28-36)44-50(5,46)47)48-30-33-17-12-9-13-18-33/h8-22,26,28,31,39,43-44H,23-25,27,29-30H2,1-7H3,(H,42,45)/t31-,39-/m1/s1. The largest absolute Gasteiger partial charge is 0.487 e. The van der Waals surface area contributed by atoms with E-state index in [2.05, 4.69) is 80.4 Å². The summed E-state index contributed by atoms with van der Waals surface area (Å²) in [4.78, 5) is 12.7. The molecule has 0 saturated heterocycles. The van der Waals surface area contributed by atoms with Gasteiger partial charge in [-0.2, -0.15) is 0 Å². The van der Waals surface area contributed by atoms with Crippen LogP contribution in [-0.2, 0) is 45.1 Å². The van der Waals surface area contributed by atoms with E-state index in [-0.39, 0.29) is 23.1 Å².